The third-order valence-electron chi connectivity index (χ3n) is 4.72. The molecule has 0 spiro atoms. The topological polar surface area (TPSA) is 41.5 Å². The highest BCUT2D eigenvalue weighted by molar-refractivity contribution is 5.31. The Morgan fingerprint density at radius 1 is 1.20 bits per heavy atom. The second-order valence-corrected chi connectivity index (χ2v) is 6.21. The van der Waals surface area contributed by atoms with Gasteiger partial charge in [0.05, 0.1) is 5.60 Å². The number of aryl methyl sites for hydroxylation is 1. The van der Waals surface area contributed by atoms with E-state index in [0.717, 1.165) is 12.8 Å². The normalized spacial score (nSPS) is 25.8. The molecule has 3 nitrogen and oxygen atoms in total. The standard InChI is InChI=1S/C17H25NO2/c19-17(9-11-20-12-10-17)13-18-16-8-4-2-6-14-5-1-3-7-15(14)16/h1,3,5,7,16,18-19H,2,4,6,8-13H2. The summed E-state index contributed by atoms with van der Waals surface area (Å²) >= 11 is 0. The monoisotopic (exact) mass is 275 g/mol. The van der Waals surface area contributed by atoms with Crippen LogP contribution in [0.1, 0.15) is 49.3 Å². The molecule has 0 radical (unpaired) electrons. The Labute approximate surface area is 121 Å². The van der Waals surface area contributed by atoms with E-state index in [4.69, 9.17) is 4.74 Å². The zero-order valence-electron chi connectivity index (χ0n) is 12.1. The predicted molar refractivity (Wildman–Crippen MR) is 79.7 cm³/mol. The van der Waals surface area contributed by atoms with Crippen molar-refractivity contribution in [3.8, 4) is 0 Å². The van der Waals surface area contributed by atoms with Crippen LogP contribution in [0.3, 0.4) is 0 Å². The molecule has 3 heteroatoms. The van der Waals surface area contributed by atoms with Gasteiger partial charge in [-0.1, -0.05) is 30.7 Å². The first-order valence-corrected chi connectivity index (χ1v) is 7.88. The molecule has 1 saturated heterocycles. The van der Waals surface area contributed by atoms with E-state index in [1.165, 1.54) is 36.8 Å². The van der Waals surface area contributed by atoms with Crippen LogP contribution < -0.4 is 5.32 Å². The van der Waals surface area contributed by atoms with Gasteiger partial charge in [0, 0.05) is 38.6 Å². The van der Waals surface area contributed by atoms with Crippen LogP contribution in [-0.4, -0.2) is 30.5 Å². The quantitative estimate of drug-likeness (QED) is 0.833. The molecule has 1 fully saturated rings. The maximum absolute atomic E-state index is 10.6. The van der Waals surface area contributed by atoms with Crippen LogP contribution in [-0.2, 0) is 11.2 Å². The van der Waals surface area contributed by atoms with Gasteiger partial charge in [-0.15, -0.1) is 0 Å². The number of benzene rings is 1. The highest BCUT2D eigenvalue weighted by Crippen LogP contribution is 2.29. The number of fused-ring (bicyclic) bond motifs is 1. The molecule has 1 heterocycles. The van der Waals surface area contributed by atoms with Gasteiger partial charge in [0.15, 0.2) is 0 Å². The van der Waals surface area contributed by atoms with Gasteiger partial charge in [-0.05, 0) is 30.4 Å². The van der Waals surface area contributed by atoms with Crippen LogP contribution in [0.5, 0.6) is 0 Å². The molecule has 0 amide bonds. The third kappa shape index (κ3) is 3.22. The van der Waals surface area contributed by atoms with Gasteiger partial charge < -0.3 is 15.2 Å². The smallest absolute Gasteiger partial charge is 0.0815 e. The lowest BCUT2D eigenvalue weighted by Crippen LogP contribution is -2.45. The Morgan fingerprint density at radius 2 is 2.00 bits per heavy atom. The average Bonchev–Trinajstić information content (AvgIpc) is 2.68. The molecular weight excluding hydrogens is 250 g/mol. The first kappa shape index (κ1) is 14.1. The summed E-state index contributed by atoms with van der Waals surface area (Å²) in [6, 6.07) is 9.14. The molecule has 1 aliphatic heterocycles. The summed E-state index contributed by atoms with van der Waals surface area (Å²) in [7, 11) is 0. The Hall–Kier alpha value is -0.900. The molecular formula is C17H25NO2. The minimum absolute atomic E-state index is 0.389. The van der Waals surface area contributed by atoms with Crippen molar-refractivity contribution >= 4 is 0 Å². The first-order valence-electron chi connectivity index (χ1n) is 7.88. The molecule has 1 atom stereocenters. The molecule has 1 aliphatic carbocycles. The van der Waals surface area contributed by atoms with E-state index in [1.54, 1.807) is 0 Å². The van der Waals surface area contributed by atoms with Crippen LogP contribution in [0.15, 0.2) is 24.3 Å². The van der Waals surface area contributed by atoms with E-state index < -0.39 is 5.60 Å². The average molecular weight is 275 g/mol. The van der Waals surface area contributed by atoms with Gasteiger partial charge in [0.25, 0.3) is 0 Å². The van der Waals surface area contributed by atoms with Crippen molar-refractivity contribution in [2.45, 2.75) is 50.2 Å². The summed E-state index contributed by atoms with van der Waals surface area (Å²) in [5.74, 6) is 0. The van der Waals surface area contributed by atoms with E-state index in [0.29, 0.717) is 25.8 Å². The van der Waals surface area contributed by atoms with Crippen molar-refractivity contribution in [2.24, 2.45) is 0 Å². The number of hydrogen-bond acceptors (Lipinski definition) is 3. The lowest BCUT2D eigenvalue weighted by Gasteiger charge is -2.34. The number of rotatable bonds is 3. The summed E-state index contributed by atoms with van der Waals surface area (Å²) < 4.78 is 5.35. The van der Waals surface area contributed by atoms with Gasteiger partial charge in [-0.3, -0.25) is 0 Å². The fourth-order valence-electron chi connectivity index (χ4n) is 3.37. The minimum Gasteiger partial charge on any atom is -0.388 e. The number of aliphatic hydroxyl groups is 1. The van der Waals surface area contributed by atoms with E-state index in [2.05, 4.69) is 29.6 Å². The molecule has 2 aliphatic rings. The van der Waals surface area contributed by atoms with Gasteiger partial charge >= 0.3 is 0 Å². The minimum atomic E-state index is -0.584. The van der Waals surface area contributed by atoms with E-state index >= 15 is 0 Å². The Bertz CT molecular complexity index is 440. The molecule has 2 N–H and O–H groups in total. The molecule has 1 unspecified atom stereocenters. The highest BCUT2D eigenvalue weighted by Gasteiger charge is 2.30. The Kier molecular flexibility index (Phi) is 4.39. The van der Waals surface area contributed by atoms with Crippen LogP contribution in [0.2, 0.25) is 0 Å². The lowest BCUT2D eigenvalue weighted by atomic mass is 9.92. The molecule has 3 rings (SSSR count). The van der Waals surface area contributed by atoms with Crippen molar-refractivity contribution in [2.75, 3.05) is 19.8 Å². The fourth-order valence-corrected chi connectivity index (χ4v) is 3.37. The second kappa shape index (κ2) is 6.25. The fraction of sp³-hybridized carbons (Fsp3) is 0.647. The van der Waals surface area contributed by atoms with E-state index in [-0.39, 0.29) is 0 Å². The summed E-state index contributed by atoms with van der Waals surface area (Å²) in [6.07, 6.45) is 6.37. The zero-order chi connectivity index (χ0) is 13.8. The number of nitrogens with one attached hydrogen (secondary N) is 1. The van der Waals surface area contributed by atoms with Crippen LogP contribution in [0.25, 0.3) is 0 Å². The van der Waals surface area contributed by atoms with Crippen molar-refractivity contribution < 1.29 is 9.84 Å². The van der Waals surface area contributed by atoms with Gasteiger partial charge in [0.1, 0.15) is 0 Å². The lowest BCUT2D eigenvalue weighted by molar-refractivity contribution is -0.0629. The van der Waals surface area contributed by atoms with Crippen molar-refractivity contribution in [1.82, 2.24) is 5.32 Å². The summed E-state index contributed by atoms with van der Waals surface area (Å²) in [5, 5.41) is 14.2. The van der Waals surface area contributed by atoms with E-state index in [9.17, 15) is 5.11 Å². The molecule has 0 bridgehead atoms. The molecule has 0 saturated carbocycles. The number of ether oxygens (including phenoxy) is 1. The SMILES string of the molecule is OC1(CNC2CCCCc3ccccc32)CCOCC1. The van der Waals surface area contributed by atoms with Crippen molar-refractivity contribution in [3.63, 3.8) is 0 Å². The molecule has 1 aromatic carbocycles. The van der Waals surface area contributed by atoms with Gasteiger partial charge in [0.2, 0.25) is 0 Å². The molecule has 20 heavy (non-hydrogen) atoms. The van der Waals surface area contributed by atoms with E-state index in [1.807, 2.05) is 0 Å². The second-order valence-electron chi connectivity index (χ2n) is 6.21. The molecule has 0 aromatic heterocycles. The largest absolute Gasteiger partial charge is 0.388 e. The first-order chi connectivity index (χ1) is 9.77. The zero-order valence-corrected chi connectivity index (χ0v) is 12.1. The Morgan fingerprint density at radius 3 is 2.85 bits per heavy atom. The maximum atomic E-state index is 10.6. The molecule has 110 valence electrons. The highest BCUT2D eigenvalue weighted by atomic mass is 16.5. The van der Waals surface area contributed by atoms with Crippen LogP contribution in [0.4, 0.5) is 0 Å². The van der Waals surface area contributed by atoms with Crippen LogP contribution >= 0.6 is 0 Å². The summed E-state index contributed by atoms with van der Waals surface area (Å²) in [6.45, 7) is 2.04. The third-order valence-corrected chi connectivity index (χ3v) is 4.72. The van der Waals surface area contributed by atoms with Gasteiger partial charge in [-0.2, -0.15) is 0 Å². The maximum Gasteiger partial charge on any atom is 0.0815 e. The predicted octanol–water partition coefficient (Wildman–Crippen LogP) is 2.59. The number of hydrogen-bond donors (Lipinski definition) is 2. The molecule has 1 aromatic rings. The Balaban J connectivity index is 1.67. The summed E-state index contributed by atoms with van der Waals surface area (Å²) in [4.78, 5) is 0. The summed E-state index contributed by atoms with van der Waals surface area (Å²) in [5.41, 5.74) is 2.32. The van der Waals surface area contributed by atoms with Crippen molar-refractivity contribution in [1.29, 1.82) is 0 Å². The van der Waals surface area contributed by atoms with Crippen molar-refractivity contribution in [3.05, 3.63) is 35.4 Å². The van der Waals surface area contributed by atoms with Crippen LogP contribution in [0, 0.1) is 0 Å². The van der Waals surface area contributed by atoms with Gasteiger partial charge in [-0.25, -0.2) is 0 Å².